The standard InChI is InChI=1S/2C7H14O/c2*1-2-6-5-7(6)3-4-8/h2*6-8H,2-5H2,1H3. The van der Waals surface area contributed by atoms with Crippen LogP contribution in [0.15, 0.2) is 0 Å². The van der Waals surface area contributed by atoms with Gasteiger partial charge in [-0.05, 0) is 49.4 Å². The molecule has 2 aliphatic carbocycles. The molecule has 0 aromatic carbocycles. The van der Waals surface area contributed by atoms with Crippen LogP contribution in [0.1, 0.15) is 52.4 Å². The van der Waals surface area contributed by atoms with Gasteiger partial charge in [-0.2, -0.15) is 0 Å². The van der Waals surface area contributed by atoms with Crippen LogP contribution in [0, 0.1) is 23.7 Å². The molecule has 0 amide bonds. The maximum atomic E-state index is 8.49. The van der Waals surface area contributed by atoms with Gasteiger partial charge in [0.05, 0.1) is 0 Å². The summed E-state index contributed by atoms with van der Waals surface area (Å²) >= 11 is 0. The molecule has 2 nitrogen and oxygen atoms in total. The van der Waals surface area contributed by atoms with Gasteiger partial charge in [-0.15, -0.1) is 0 Å². The molecule has 4 atom stereocenters. The maximum Gasteiger partial charge on any atom is 0.0433 e. The summed E-state index contributed by atoms with van der Waals surface area (Å²) in [6, 6.07) is 0. The molecule has 2 rings (SSSR count). The van der Waals surface area contributed by atoms with Crippen molar-refractivity contribution in [2.24, 2.45) is 23.7 Å². The van der Waals surface area contributed by atoms with Crippen molar-refractivity contribution in [2.75, 3.05) is 13.2 Å². The van der Waals surface area contributed by atoms with E-state index in [9.17, 15) is 0 Å². The van der Waals surface area contributed by atoms with Gasteiger partial charge in [0.25, 0.3) is 0 Å². The van der Waals surface area contributed by atoms with Crippen molar-refractivity contribution in [3.8, 4) is 0 Å². The zero-order valence-corrected chi connectivity index (χ0v) is 10.9. The van der Waals surface area contributed by atoms with E-state index >= 15 is 0 Å². The van der Waals surface area contributed by atoms with Crippen LogP contribution in [-0.2, 0) is 0 Å². The molecule has 2 aliphatic rings. The van der Waals surface area contributed by atoms with Crippen molar-refractivity contribution in [2.45, 2.75) is 52.4 Å². The lowest BCUT2D eigenvalue weighted by Crippen LogP contribution is -1.85. The van der Waals surface area contributed by atoms with Crippen molar-refractivity contribution in [1.82, 2.24) is 0 Å². The van der Waals surface area contributed by atoms with Crippen molar-refractivity contribution < 1.29 is 10.2 Å². The summed E-state index contributed by atoms with van der Waals surface area (Å²) in [4.78, 5) is 0. The third kappa shape index (κ3) is 4.84. The van der Waals surface area contributed by atoms with Crippen LogP contribution in [0.4, 0.5) is 0 Å². The first kappa shape index (κ1) is 14.0. The Morgan fingerprint density at radius 1 is 0.750 bits per heavy atom. The highest BCUT2D eigenvalue weighted by Crippen LogP contribution is 2.43. The molecule has 16 heavy (non-hydrogen) atoms. The summed E-state index contributed by atoms with van der Waals surface area (Å²) in [7, 11) is 0. The minimum atomic E-state index is 0.390. The van der Waals surface area contributed by atoms with Crippen molar-refractivity contribution in [3.05, 3.63) is 0 Å². The van der Waals surface area contributed by atoms with Gasteiger partial charge in [0.15, 0.2) is 0 Å². The first-order valence-corrected chi connectivity index (χ1v) is 6.98. The third-order valence-electron chi connectivity index (χ3n) is 4.19. The highest BCUT2D eigenvalue weighted by atomic mass is 16.3. The Labute approximate surface area is 100 Å². The smallest absolute Gasteiger partial charge is 0.0433 e. The molecule has 96 valence electrons. The fourth-order valence-electron chi connectivity index (χ4n) is 2.66. The topological polar surface area (TPSA) is 40.5 Å². The predicted molar refractivity (Wildman–Crippen MR) is 67.2 cm³/mol. The number of aliphatic hydroxyl groups excluding tert-OH is 2. The molecule has 0 aliphatic heterocycles. The number of hydrogen-bond donors (Lipinski definition) is 2. The van der Waals surface area contributed by atoms with Gasteiger partial charge in [-0.1, -0.05) is 26.7 Å². The fourth-order valence-corrected chi connectivity index (χ4v) is 2.66. The van der Waals surface area contributed by atoms with Crippen LogP contribution in [-0.4, -0.2) is 23.4 Å². The van der Waals surface area contributed by atoms with Crippen LogP contribution in [0.3, 0.4) is 0 Å². The van der Waals surface area contributed by atoms with E-state index in [0.29, 0.717) is 13.2 Å². The molecule has 0 aromatic rings. The number of aliphatic hydroxyl groups is 2. The van der Waals surface area contributed by atoms with E-state index < -0.39 is 0 Å². The average Bonchev–Trinajstić information content (AvgIpc) is 3.16. The zero-order chi connectivity index (χ0) is 12.0. The molecule has 2 saturated carbocycles. The Kier molecular flexibility index (Phi) is 6.37. The van der Waals surface area contributed by atoms with Crippen molar-refractivity contribution >= 4 is 0 Å². The minimum absolute atomic E-state index is 0.390. The largest absolute Gasteiger partial charge is 0.396 e. The van der Waals surface area contributed by atoms with E-state index in [2.05, 4.69) is 13.8 Å². The van der Waals surface area contributed by atoms with Gasteiger partial charge in [-0.3, -0.25) is 0 Å². The molecule has 2 N–H and O–H groups in total. The first-order chi connectivity index (χ1) is 7.76. The molecule has 0 saturated heterocycles. The van der Waals surface area contributed by atoms with Crippen LogP contribution >= 0.6 is 0 Å². The molecular formula is C14H28O2. The minimum Gasteiger partial charge on any atom is -0.396 e. The Bertz CT molecular complexity index is 162. The summed E-state index contributed by atoms with van der Waals surface area (Å²) in [5.41, 5.74) is 0. The normalized spacial score (nSPS) is 35.2. The molecule has 0 aromatic heterocycles. The Balaban J connectivity index is 0.000000160. The van der Waals surface area contributed by atoms with Gasteiger partial charge < -0.3 is 10.2 Å². The summed E-state index contributed by atoms with van der Waals surface area (Å²) < 4.78 is 0. The monoisotopic (exact) mass is 228 g/mol. The van der Waals surface area contributed by atoms with Crippen LogP contribution in [0.2, 0.25) is 0 Å². The second-order valence-corrected chi connectivity index (χ2v) is 5.35. The van der Waals surface area contributed by atoms with Crippen LogP contribution < -0.4 is 0 Å². The second kappa shape index (κ2) is 7.29. The average molecular weight is 228 g/mol. The Hall–Kier alpha value is -0.0800. The van der Waals surface area contributed by atoms with E-state index in [1.54, 1.807) is 0 Å². The van der Waals surface area contributed by atoms with E-state index in [1.807, 2.05) is 0 Å². The van der Waals surface area contributed by atoms with Gasteiger partial charge in [0.2, 0.25) is 0 Å². The number of hydrogen-bond acceptors (Lipinski definition) is 2. The van der Waals surface area contributed by atoms with Crippen LogP contribution in [0.25, 0.3) is 0 Å². The van der Waals surface area contributed by atoms with E-state index in [4.69, 9.17) is 10.2 Å². The molecule has 2 heteroatoms. The van der Waals surface area contributed by atoms with E-state index in [0.717, 1.165) is 36.5 Å². The first-order valence-electron chi connectivity index (χ1n) is 6.98. The second-order valence-electron chi connectivity index (χ2n) is 5.35. The van der Waals surface area contributed by atoms with E-state index in [-0.39, 0.29) is 0 Å². The van der Waals surface area contributed by atoms with Gasteiger partial charge >= 0.3 is 0 Å². The molecular weight excluding hydrogens is 200 g/mol. The summed E-state index contributed by atoms with van der Waals surface area (Å²) in [6.07, 6.45) is 7.44. The highest BCUT2D eigenvalue weighted by molar-refractivity contribution is 4.84. The van der Waals surface area contributed by atoms with Crippen molar-refractivity contribution in [1.29, 1.82) is 0 Å². The number of rotatable bonds is 6. The quantitative estimate of drug-likeness (QED) is 0.734. The summed E-state index contributed by atoms with van der Waals surface area (Å²) in [5, 5.41) is 17.0. The SMILES string of the molecule is CCC1CC1CCO.CCC1CC1CCO. The molecule has 4 unspecified atom stereocenters. The Morgan fingerprint density at radius 2 is 1.12 bits per heavy atom. The lowest BCUT2D eigenvalue weighted by Gasteiger charge is -1.89. The molecule has 0 spiro atoms. The van der Waals surface area contributed by atoms with Gasteiger partial charge in [-0.25, -0.2) is 0 Å². The van der Waals surface area contributed by atoms with Gasteiger partial charge in [0, 0.05) is 13.2 Å². The summed E-state index contributed by atoms with van der Waals surface area (Å²) in [5.74, 6) is 3.68. The molecule has 2 fully saturated rings. The van der Waals surface area contributed by atoms with Gasteiger partial charge in [0.1, 0.15) is 0 Å². The van der Waals surface area contributed by atoms with Crippen LogP contribution in [0.5, 0.6) is 0 Å². The fraction of sp³-hybridized carbons (Fsp3) is 1.00. The molecule has 0 heterocycles. The third-order valence-corrected chi connectivity index (χ3v) is 4.19. The van der Waals surface area contributed by atoms with E-state index in [1.165, 1.54) is 25.7 Å². The maximum absolute atomic E-state index is 8.49. The molecule has 0 bridgehead atoms. The lowest BCUT2D eigenvalue weighted by atomic mass is 10.2. The lowest BCUT2D eigenvalue weighted by molar-refractivity contribution is 0.276. The van der Waals surface area contributed by atoms with Crippen molar-refractivity contribution in [3.63, 3.8) is 0 Å². The Morgan fingerprint density at radius 3 is 1.31 bits per heavy atom. The summed E-state index contributed by atoms with van der Waals surface area (Å²) in [6.45, 7) is 5.23. The predicted octanol–water partition coefficient (Wildman–Crippen LogP) is 2.83. The highest BCUT2D eigenvalue weighted by Gasteiger charge is 2.34. The zero-order valence-electron chi connectivity index (χ0n) is 10.9. The molecule has 0 radical (unpaired) electrons.